The van der Waals surface area contributed by atoms with Gasteiger partial charge in [-0.05, 0) is 63.8 Å². The predicted octanol–water partition coefficient (Wildman–Crippen LogP) is 2.52. The molecule has 0 bridgehead atoms. The van der Waals surface area contributed by atoms with Crippen LogP contribution in [-0.4, -0.2) is 32.7 Å². The number of nitrogens with one attached hydrogen (secondary N) is 2. The molecule has 134 valence electrons. The number of ether oxygens (including phenoxy) is 1. The van der Waals surface area contributed by atoms with Gasteiger partial charge in [0.2, 0.25) is 15.9 Å². The van der Waals surface area contributed by atoms with Crippen molar-refractivity contribution in [3.8, 4) is 5.75 Å². The van der Waals surface area contributed by atoms with E-state index in [1.165, 1.54) is 0 Å². The van der Waals surface area contributed by atoms with E-state index >= 15 is 0 Å². The van der Waals surface area contributed by atoms with Gasteiger partial charge in [0, 0.05) is 17.6 Å². The predicted molar refractivity (Wildman–Crippen MR) is 94.6 cm³/mol. The van der Waals surface area contributed by atoms with Crippen molar-refractivity contribution >= 4 is 21.6 Å². The molecule has 2 N–H and O–H groups in total. The van der Waals surface area contributed by atoms with Crippen molar-refractivity contribution < 1.29 is 17.9 Å². The third-order valence-electron chi connectivity index (χ3n) is 4.41. The Balaban J connectivity index is 1.84. The molecule has 0 aliphatic heterocycles. The third kappa shape index (κ3) is 4.95. The van der Waals surface area contributed by atoms with E-state index in [1.807, 2.05) is 0 Å². The monoisotopic (exact) mass is 354 g/mol. The molecule has 2 rings (SSSR count). The molecule has 7 heteroatoms. The number of sulfonamides is 1. The molecule has 1 aliphatic carbocycles. The molecule has 0 heterocycles. The summed E-state index contributed by atoms with van der Waals surface area (Å²) in [5, 5.41) is 2.47. The molecule has 0 spiro atoms. The van der Waals surface area contributed by atoms with E-state index in [4.69, 9.17) is 4.74 Å². The van der Waals surface area contributed by atoms with Gasteiger partial charge >= 0.3 is 0 Å². The summed E-state index contributed by atoms with van der Waals surface area (Å²) >= 11 is 0. The average Bonchev–Trinajstić information content (AvgIpc) is 2.55. The quantitative estimate of drug-likeness (QED) is 0.822. The SMILES string of the molecule is COc1ccc(NC(=O)C2CCC(NS(=O)(=O)C(C)C)CC2)cc1. The number of carbonyl (C=O) groups is 1. The Hall–Kier alpha value is -1.60. The van der Waals surface area contributed by atoms with Gasteiger partial charge in [0.1, 0.15) is 5.75 Å². The highest BCUT2D eigenvalue weighted by Gasteiger charge is 2.29. The summed E-state index contributed by atoms with van der Waals surface area (Å²) in [5.74, 6) is 0.656. The van der Waals surface area contributed by atoms with E-state index in [1.54, 1.807) is 45.2 Å². The van der Waals surface area contributed by atoms with Crippen LogP contribution in [0.1, 0.15) is 39.5 Å². The average molecular weight is 354 g/mol. The number of carbonyl (C=O) groups excluding carboxylic acids is 1. The second-order valence-electron chi connectivity index (χ2n) is 6.48. The fourth-order valence-corrected chi connectivity index (χ4v) is 3.73. The molecular formula is C17H26N2O4S. The van der Waals surface area contributed by atoms with Gasteiger partial charge in [0.25, 0.3) is 0 Å². The van der Waals surface area contributed by atoms with Crippen LogP contribution in [0.15, 0.2) is 24.3 Å². The summed E-state index contributed by atoms with van der Waals surface area (Å²) in [4.78, 5) is 12.3. The topological polar surface area (TPSA) is 84.5 Å². The lowest BCUT2D eigenvalue weighted by molar-refractivity contribution is -0.120. The van der Waals surface area contributed by atoms with E-state index in [0.29, 0.717) is 25.7 Å². The van der Waals surface area contributed by atoms with Gasteiger partial charge in [-0.1, -0.05) is 0 Å². The molecule has 1 aromatic rings. The summed E-state index contributed by atoms with van der Waals surface area (Å²) in [6.45, 7) is 3.33. The Morgan fingerprint density at radius 1 is 1.12 bits per heavy atom. The molecule has 1 saturated carbocycles. The summed E-state index contributed by atoms with van der Waals surface area (Å²) in [6, 6.07) is 7.14. The van der Waals surface area contributed by atoms with Crippen LogP contribution in [0.4, 0.5) is 5.69 Å². The lowest BCUT2D eigenvalue weighted by Crippen LogP contribution is -2.42. The highest BCUT2D eigenvalue weighted by atomic mass is 32.2. The highest BCUT2D eigenvalue weighted by Crippen LogP contribution is 2.26. The zero-order valence-corrected chi connectivity index (χ0v) is 15.2. The standard InChI is InChI=1S/C17H26N2O4S/c1-12(2)24(21,22)19-15-6-4-13(5-7-15)17(20)18-14-8-10-16(23-3)11-9-14/h8-13,15,19H,4-7H2,1-3H3,(H,18,20). The largest absolute Gasteiger partial charge is 0.497 e. The molecule has 6 nitrogen and oxygen atoms in total. The van der Waals surface area contributed by atoms with E-state index < -0.39 is 15.3 Å². The Bertz CT molecular complexity index is 648. The van der Waals surface area contributed by atoms with Crippen LogP contribution in [0.5, 0.6) is 5.75 Å². The molecule has 0 saturated heterocycles. The van der Waals surface area contributed by atoms with E-state index in [-0.39, 0.29) is 17.9 Å². The number of anilines is 1. The number of benzene rings is 1. The Morgan fingerprint density at radius 3 is 2.21 bits per heavy atom. The Labute approximate surface area is 144 Å². The van der Waals surface area contributed by atoms with Gasteiger partial charge in [-0.2, -0.15) is 0 Å². The van der Waals surface area contributed by atoms with Crippen molar-refractivity contribution in [1.82, 2.24) is 4.72 Å². The van der Waals surface area contributed by atoms with Crippen molar-refractivity contribution in [2.75, 3.05) is 12.4 Å². The number of amides is 1. The molecule has 24 heavy (non-hydrogen) atoms. The number of hydrogen-bond donors (Lipinski definition) is 2. The molecule has 1 amide bonds. The van der Waals surface area contributed by atoms with Crippen LogP contribution < -0.4 is 14.8 Å². The number of rotatable bonds is 6. The van der Waals surface area contributed by atoms with Crippen molar-refractivity contribution in [2.24, 2.45) is 5.92 Å². The zero-order valence-electron chi connectivity index (χ0n) is 14.4. The normalized spacial score (nSPS) is 21.5. The van der Waals surface area contributed by atoms with Gasteiger partial charge < -0.3 is 10.1 Å². The summed E-state index contributed by atoms with van der Waals surface area (Å²) < 4.78 is 31.6. The smallest absolute Gasteiger partial charge is 0.227 e. The van der Waals surface area contributed by atoms with Crippen LogP contribution in [0.2, 0.25) is 0 Å². The molecule has 1 aliphatic rings. The molecular weight excluding hydrogens is 328 g/mol. The minimum atomic E-state index is -3.25. The highest BCUT2D eigenvalue weighted by molar-refractivity contribution is 7.90. The molecule has 0 atom stereocenters. The Kier molecular flexibility index (Phi) is 6.23. The number of methoxy groups -OCH3 is 1. The first-order valence-corrected chi connectivity index (χ1v) is 9.82. The Morgan fingerprint density at radius 2 is 1.71 bits per heavy atom. The van der Waals surface area contributed by atoms with Crippen LogP contribution in [0, 0.1) is 5.92 Å². The summed E-state index contributed by atoms with van der Waals surface area (Å²) in [6.07, 6.45) is 2.75. The minimum Gasteiger partial charge on any atom is -0.497 e. The molecule has 0 aromatic heterocycles. The zero-order chi connectivity index (χ0) is 17.7. The first-order valence-electron chi connectivity index (χ1n) is 8.28. The van der Waals surface area contributed by atoms with Gasteiger partial charge in [-0.3, -0.25) is 4.79 Å². The third-order valence-corrected chi connectivity index (χ3v) is 6.31. The molecule has 0 unspecified atom stereocenters. The van der Waals surface area contributed by atoms with Gasteiger partial charge in [0.05, 0.1) is 12.4 Å². The van der Waals surface area contributed by atoms with Crippen molar-refractivity contribution in [1.29, 1.82) is 0 Å². The minimum absolute atomic E-state index is 0.00895. The van der Waals surface area contributed by atoms with E-state index in [2.05, 4.69) is 10.0 Å². The first kappa shape index (κ1) is 18.7. The van der Waals surface area contributed by atoms with Crippen LogP contribution in [0.3, 0.4) is 0 Å². The fourth-order valence-electron chi connectivity index (χ4n) is 2.76. The van der Waals surface area contributed by atoms with Crippen molar-refractivity contribution in [2.45, 2.75) is 50.8 Å². The second-order valence-corrected chi connectivity index (χ2v) is 8.75. The van der Waals surface area contributed by atoms with Crippen LogP contribution in [0.25, 0.3) is 0 Å². The number of hydrogen-bond acceptors (Lipinski definition) is 4. The van der Waals surface area contributed by atoms with Crippen molar-refractivity contribution in [3.05, 3.63) is 24.3 Å². The van der Waals surface area contributed by atoms with E-state index in [0.717, 1.165) is 11.4 Å². The molecule has 1 fully saturated rings. The van der Waals surface area contributed by atoms with Gasteiger partial charge in [0.15, 0.2) is 0 Å². The van der Waals surface area contributed by atoms with E-state index in [9.17, 15) is 13.2 Å². The van der Waals surface area contributed by atoms with Crippen LogP contribution in [-0.2, 0) is 14.8 Å². The second kappa shape index (κ2) is 7.98. The lowest BCUT2D eigenvalue weighted by Gasteiger charge is -2.28. The first-order chi connectivity index (χ1) is 11.3. The fraction of sp³-hybridized carbons (Fsp3) is 0.588. The van der Waals surface area contributed by atoms with Crippen LogP contribution >= 0.6 is 0 Å². The van der Waals surface area contributed by atoms with Gasteiger partial charge in [-0.15, -0.1) is 0 Å². The maximum absolute atomic E-state index is 12.3. The lowest BCUT2D eigenvalue weighted by atomic mass is 9.86. The van der Waals surface area contributed by atoms with Crippen molar-refractivity contribution in [3.63, 3.8) is 0 Å². The maximum Gasteiger partial charge on any atom is 0.227 e. The molecule has 0 radical (unpaired) electrons. The van der Waals surface area contributed by atoms with Gasteiger partial charge in [-0.25, -0.2) is 13.1 Å². The summed E-state index contributed by atoms with van der Waals surface area (Å²) in [5.41, 5.74) is 0.739. The maximum atomic E-state index is 12.3. The molecule has 1 aromatic carbocycles. The summed E-state index contributed by atoms with van der Waals surface area (Å²) in [7, 11) is -1.66.